The highest BCUT2D eigenvalue weighted by Crippen LogP contribution is 2.38. The van der Waals surface area contributed by atoms with Crippen LogP contribution in [0.3, 0.4) is 0 Å². The lowest BCUT2D eigenvalue weighted by Crippen LogP contribution is -2.50. The number of anilines is 3. The minimum absolute atomic E-state index is 0.322. The summed E-state index contributed by atoms with van der Waals surface area (Å²) in [6.45, 7) is 1.61. The van der Waals surface area contributed by atoms with Crippen molar-refractivity contribution in [2.24, 2.45) is 0 Å². The predicted molar refractivity (Wildman–Crippen MR) is 167 cm³/mol. The maximum atomic E-state index is 6.55. The number of benzene rings is 3. The third-order valence-corrected chi connectivity index (χ3v) is 8.01. The molecule has 3 aromatic carbocycles. The Kier molecular flexibility index (Phi) is 8.06. The van der Waals surface area contributed by atoms with Gasteiger partial charge in [0.1, 0.15) is 17.1 Å². The molecule has 0 amide bonds. The van der Waals surface area contributed by atoms with Crippen molar-refractivity contribution in [3.63, 3.8) is 0 Å². The molecule has 1 fully saturated rings. The summed E-state index contributed by atoms with van der Waals surface area (Å²) in [7, 11) is 1.66. The van der Waals surface area contributed by atoms with Crippen LogP contribution in [0, 0.1) is 0 Å². The molecule has 38 heavy (non-hydrogen) atoms. The lowest BCUT2D eigenvalue weighted by Gasteiger charge is -2.42. The van der Waals surface area contributed by atoms with Crippen LogP contribution in [0.2, 0.25) is 0 Å². The molecule has 9 heteroatoms. The summed E-state index contributed by atoms with van der Waals surface area (Å²) in [5.41, 5.74) is 3.45. The van der Waals surface area contributed by atoms with Crippen molar-refractivity contribution in [2.75, 3.05) is 42.4 Å². The Morgan fingerprint density at radius 1 is 0.947 bits per heavy atom. The molecular weight excluding hydrogens is 533 g/mol. The molecule has 6 nitrogen and oxygen atoms in total. The van der Waals surface area contributed by atoms with Gasteiger partial charge in [0.25, 0.3) is 0 Å². The molecule has 3 N–H and O–H groups in total. The van der Waals surface area contributed by atoms with Gasteiger partial charge in [-0.05, 0) is 85.3 Å². The zero-order valence-corrected chi connectivity index (χ0v) is 23.8. The van der Waals surface area contributed by atoms with Crippen molar-refractivity contribution in [2.45, 2.75) is 23.3 Å². The first kappa shape index (κ1) is 26.3. The van der Waals surface area contributed by atoms with Crippen LogP contribution >= 0.6 is 36.2 Å². The summed E-state index contributed by atoms with van der Waals surface area (Å²) in [6.07, 6.45) is 8.10. The van der Waals surface area contributed by atoms with Crippen molar-refractivity contribution in [1.82, 2.24) is 4.90 Å². The molecule has 0 saturated carbocycles. The standard InChI is InChI=1S/C29H30N4O2S3/c1-34-26-9-4-3-8-24(26)32-28(37)33-16-14-29(15-17-33)13-12-20-18-22(10-11-25(20)35-29)31-27(36)30-21-6-5-7-23(19-21)38-2/h3-13,18-19H,14-17H2,1-2H3,(H,32,37)(H2,30,31,36). The van der Waals surface area contributed by atoms with Gasteiger partial charge >= 0.3 is 0 Å². The van der Waals surface area contributed by atoms with Gasteiger partial charge in [0.2, 0.25) is 0 Å². The van der Waals surface area contributed by atoms with Crippen molar-refractivity contribution >= 4 is 69.6 Å². The van der Waals surface area contributed by atoms with Crippen LogP contribution in [-0.4, -0.2) is 47.2 Å². The summed E-state index contributed by atoms with van der Waals surface area (Å²) in [5.74, 6) is 1.65. The lowest BCUT2D eigenvalue weighted by molar-refractivity contribution is 0.0594. The van der Waals surface area contributed by atoms with Crippen LogP contribution in [0.5, 0.6) is 11.5 Å². The molecule has 2 aliphatic heterocycles. The summed E-state index contributed by atoms with van der Waals surface area (Å²) < 4.78 is 12.0. The number of methoxy groups -OCH3 is 1. The SMILES string of the molecule is COc1ccccc1NC(=S)N1CCC2(C=Cc3cc(NC(=S)Nc4cccc(SC)c4)ccc3O2)CC1. The molecule has 0 radical (unpaired) electrons. The predicted octanol–water partition coefficient (Wildman–Crippen LogP) is 6.86. The number of piperidine rings is 1. The van der Waals surface area contributed by atoms with E-state index < -0.39 is 0 Å². The van der Waals surface area contributed by atoms with Crippen molar-refractivity contribution < 1.29 is 9.47 Å². The number of likely N-dealkylation sites (tertiary alicyclic amines) is 1. The van der Waals surface area contributed by atoms with Crippen LogP contribution in [0.4, 0.5) is 17.1 Å². The van der Waals surface area contributed by atoms with Gasteiger partial charge in [-0.3, -0.25) is 0 Å². The first-order valence-corrected chi connectivity index (χ1v) is 14.4. The molecule has 2 aliphatic rings. The molecule has 0 atom stereocenters. The zero-order chi connectivity index (χ0) is 26.5. The molecule has 0 aliphatic carbocycles. The van der Waals surface area contributed by atoms with E-state index in [1.54, 1.807) is 18.9 Å². The van der Waals surface area contributed by atoms with Crippen molar-refractivity contribution in [3.8, 4) is 11.5 Å². The highest BCUT2D eigenvalue weighted by Gasteiger charge is 2.37. The van der Waals surface area contributed by atoms with Gasteiger partial charge in [-0.1, -0.05) is 24.3 Å². The van der Waals surface area contributed by atoms with Gasteiger partial charge in [0.05, 0.1) is 12.8 Å². The first-order chi connectivity index (χ1) is 18.5. The fourth-order valence-corrected chi connectivity index (χ4v) is 5.63. The first-order valence-electron chi connectivity index (χ1n) is 12.4. The van der Waals surface area contributed by atoms with Gasteiger partial charge in [0.15, 0.2) is 10.2 Å². The van der Waals surface area contributed by atoms with E-state index in [0.717, 1.165) is 60.1 Å². The minimum atomic E-state index is -0.322. The van der Waals surface area contributed by atoms with E-state index in [0.29, 0.717) is 10.2 Å². The molecule has 5 rings (SSSR count). The van der Waals surface area contributed by atoms with Crippen LogP contribution in [-0.2, 0) is 0 Å². The second kappa shape index (κ2) is 11.6. The molecule has 1 saturated heterocycles. The Hall–Kier alpha value is -3.27. The van der Waals surface area contributed by atoms with E-state index in [1.807, 2.05) is 48.5 Å². The zero-order valence-electron chi connectivity index (χ0n) is 21.3. The van der Waals surface area contributed by atoms with E-state index in [9.17, 15) is 0 Å². The Morgan fingerprint density at radius 2 is 1.71 bits per heavy atom. The number of nitrogens with zero attached hydrogens (tertiary/aromatic N) is 1. The Balaban J connectivity index is 1.17. The van der Waals surface area contributed by atoms with Crippen LogP contribution in [0.1, 0.15) is 18.4 Å². The number of rotatable bonds is 5. The number of para-hydroxylation sites is 2. The molecule has 196 valence electrons. The fraction of sp³-hybridized carbons (Fsp3) is 0.241. The third-order valence-electron chi connectivity index (χ3n) is 6.72. The number of nitrogens with one attached hydrogen (secondary N) is 3. The summed E-state index contributed by atoms with van der Waals surface area (Å²) >= 11 is 12.9. The molecular formula is C29H30N4O2S3. The second-order valence-electron chi connectivity index (χ2n) is 9.18. The van der Waals surface area contributed by atoms with Crippen molar-refractivity contribution in [1.29, 1.82) is 0 Å². The smallest absolute Gasteiger partial charge is 0.175 e. The maximum absolute atomic E-state index is 6.55. The van der Waals surface area contributed by atoms with Gasteiger partial charge < -0.3 is 30.3 Å². The number of ether oxygens (including phenoxy) is 2. The molecule has 0 unspecified atom stereocenters. The Labute approximate surface area is 238 Å². The molecule has 2 heterocycles. The van der Waals surface area contributed by atoms with Crippen LogP contribution in [0.25, 0.3) is 6.08 Å². The normalized spacial score (nSPS) is 15.3. The Bertz CT molecular complexity index is 1370. The quantitative estimate of drug-likeness (QED) is 0.229. The van der Waals surface area contributed by atoms with Crippen LogP contribution in [0.15, 0.2) is 77.7 Å². The lowest BCUT2D eigenvalue weighted by atomic mass is 9.88. The summed E-state index contributed by atoms with van der Waals surface area (Å²) in [6, 6.07) is 22.0. The third kappa shape index (κ3) is 6.06. The Morgan fingerprint density at radius 3 is 2.47 bits per heavy atom. The summed E-state index contributed by atoms with van der Waals surface area (Å²) in [5, 5.41) is 11.1. The van der Waals surface area contributed by atoms with Gasteiger partial charge in [0, 0.05) is 47.8 Å². The molecule has 1 spiro atoms. The van der Waals surface area contributed by atoms with E-state index in [2.05, 4.69) is 57.5 Å². The second-order valence-corrected chi connectivity index (χ2v) is 10.9. The maximum Gasteiger partial charge on any atom is 0.175 e. The van der Waals surface area contributed by atoms with E-state index in [4.69, 9.17) is 33.9 Å². The highest BCUT2D eigenvalue weighted by molar-refractivity contribution is 7.98. The fourth-order valence-electron chi connectivity index (χ4n) is 4.64. The van der Waals surface area contributed by atoms with E-state index in [-0.39, 0.29) is 5.60 Å². The van der Waals surface area contributed by atoms with E-state index >= 15 is 0 Å². The van der Waals surface area contributed by atoms with Crippen molar-refractivity contribution in [3.05, 3.63) is 78.4 Å². The molecule has 0 aromatic heterocycles. The largest absolute Gasteiger partial charge is 0.495 e. The van der Waals surface area contributed by atoms with Gasteiger partial charge in [-0.2, -0.15) is 0 Å². The molecule has 0 bridgehead atoms. The topological polar surface area (TPSA) is 57.8 Å². The number of hydrogen-bond acceptors (Lipinski definition) is 5. The number of hydrogen-bond donors (Lipinski definition) is 3. The number of thioether (sulfide) groups is 1. The number of thiocarbonyl (C=S) groups is 2. The van der Waals surface area contributed by atoms with Gasteiger partial charge in [-0.15, -0.1) is 11.8 Å². The summed E-state index contributed by atoms with van der Waals surface area (Å²) in [4.78, 5) is 3.37. The average molecular weight is 563 g/mol. The molecule has 3 aromatic rings. The van der Waals surface area contributed by atoms with E-state index in [1.165, 1.54) is 4.90 Å². The van der Waals surface area contributed by atoms with Gasteiger partial charge in [-0.25, -0.2) is 0 Å². The van der Waals surface area contributed by atoms with Crippen LogP contribution < -0.4 is 25.4 Å². The average Bonchev–Trinajstić information content (AvgIpc) is 2.94. The highest BCUT2D eigenvalue weighted by atomic mass is 32.2. The minimum Gasteiger partial charge on any atom is -0.495 e. The monoisotopic (exact) mass is 562 g/mol. The number of fused-ring (bicyclic) bond motifs is 1.